The molecule has 4 aromatic rings. The molecule has 0 radical (unpaired) electrons. The second-order valence-corrected chi connectivity index (χ2v) is 11.8. The molecule has 2 amide bonds. The number of anilines is 5. The molecule has 5 heterocycles. The van der Waals surface area contributed by atoms with Gasteiger partial charge in [0.1, 0.15) is 17.2 Å². The first-order valence-corrected chi connectivity index (χ1v) is 15.1. The molecule has 1 aromatic carbocycles. The lowest BCUT2D eigenvalue weighted by Gasteiger charge is -2.36. The van der Waals surface area contributed by atoms with Crippen molar-refractivity contribution in [3.05, 3.63) is 60.0 Å². The summed E-state index contributed by atoms with van der Waals surface area (Å²) >= 11 is 0. The van der Waals surface area contributed by atoms with Crippen molar-refractivity contribution in [1.29, 1.82) is 0 Å². The maximum Gasteiger partial charge on any atom is 0.270 e. The summed E-state index contributed by atoms with van der Waals surface area (Å²) in [5.74, 6) is 1.09. The van der Waals surface area contributed by atoms with E-state index in [9.17, 15) is 9.59 Å². The average molecular weight is 596 g/mol. The zero-order valence-electron chi connectivity index (χ0n) is 25.2. The van der Waals surface area contributed by atoms with Gasteiger partial charge in [0.05, 0.1) is 23.3 Å². The third-order valence-electron chi connectivity index (χ3n) is 8.78. The number of benzene rings is 1. The molecule has 2 aliphatic heterocycles. The summed E-state index contributed by atoms with van der Waals surface area (Å²) in [6.45, 7) is 2.71. The third-order valence-corrected chi connectivity index (χ3v) is 8.78. The summed E-state index contributed by atoms with van der Waals surface area (Å²) < 4.78 is 2.11. The van der Waals surface area contributed by atoms with Crippen LogP contribution in [0.4, 0.5) is 28.8 Å². The number of amides is 2. The highest BCUT2D eigenvalue weighted by Gasteiger charge is 2.27. The minimum atomic E-state index is -0.0296. The number of pyridine rings is 1. The first-order valence-electron chi connectivity index (χ1n) is 15.1. The van der Waals surface area contributed by atoms with Crippen molar-refractivity contribution in [3.63, 3.8) is 0 Å². The number of fused-ring (bicyclic) bond motifs is 2. The Balaban J connectivity index is 1.02. The smallest absolute Gasteiger partial charge is 0.270 e. The molecule has 1 saturated heterocycles. The van der Waals surface area contributed by atoms with E-state index in [-0.39, 0.29) is 17.9 Å². The fourth-order valence-corrected chi connectivity index (χ4v) is 6.36. The molecule has 0 spiro atoms. The van der Waals surface area contributed by atoms with Gasteiger partial charge in [-0.15, -0.1) is 5.53 Å². The lowest BCUT2D eigenvalue weighted by Crippen LogP contribution is -2.48. The first-order chi connectivity index (χ1) is 21.4. The van der Waals surface area contributed by atoms with Crippen molar-refractivity contribution < 1.29 is 9.59 Å². The van der Waals surface area contributed by atoms with Crippen LogP contribution >= 0.6 is 0 Å². The molecule has 1 aliphatic carbocycles. The number of hydrazine groups is 2. The first kappa shape index (κ1) is 27.9. The third kappa shape index (κ3) is 5.12. The monoisotopic (exact) mass is 595 g/mol. The van der Waals surface area contributed by atoms with Crippen molar-refractivity contribution in [3.8, 4) is 0 Å². The number of hydrogen-bond donors (Lipinski definition) is 3. The Bertz CT molecular complexity index is 1700. The molecular weight excluding hydrogens is 558 g/mol. The largest absolute Gasteiger partial charge is 0.367 e. The topological polar surface area (TPSA) is 127 Å². The number of piperazine rings is 1. The van der Waals surface area contributed by atoms with Gasteiger partial charge in [-0.1, -0.05) is 12.8 Å². The van der Waals surface area contributed by atoms with Crippen LogP contribution < -0.4 is 26.2 Å². The summed E-state index contributed by atoms with van der Waals surface area (Å²) in [5, 5.41) is 5.95. The van der Waals surface area contributed by atoms with Gasteiger partial charge in [-0.05, 0) is 49.2 Å². The molecule has 3 aliphatic rings. The van der Waals surface area contributed by atoms with Crippen LogP contribution in [0.25, 0.3) is 11.0 Å². The molecular formula is C31H37N11O2. The Morgan fingerprint density at radius 1 is 0.977 bits per heavy atom. The molecule has 3 N–H and O–H groups in total. The van der Waals surface area contributed by atoms with E-state index in [1.807, 2.05) is 59.6 Å². The van der Waals surface area contributed by atoms with E-state index in [0.29, 0.717) is 36.1 Å². The molecule has 2 fully saturated rings. The molecule has 13 heteroatoms. The lowest BCUT2D eigenvalue weighted by atomic mass is 10.1. The van der Waals surface area contributed by atoms with E-state index in [1.165, 1.54) is 0 Å². The maximum atomic E-state index is 13.2. The predicted molar refractivity (Wildman–Crippen MR) is 170 cm³/mol. The van der Waals surface area contributed by atoms with Crippen molar-refractivity contribution in [2.24, 2.45) is 0 Å². The van der Waals surface area contributed by atoms with Crippen LogP contribution in [0, 0.1) is 0 Å². The molecule has 3 aromatic heterocycles. The summed E-state index contributed by atoms with van der Waals surface area (Å²) in [4.78, 5) is 45.9. The Labute approximate surface area is 255 Å². The van der Waals surface area contributed by atoms with Crippen molar-refractivity contribution >= 4 is 51.7 Å². The molecule has 0 bridgehead atoms. The summed E-state index contributed by atoms with van der Waals surface area (Å²) in [7, 11) is 5.46. The Morgan fingerprint density at radius 3 is 2.50 bits per heavy atom. The Morgan fingerprint density at radius 2 is 1.77 bits per heavy atom. The van der Waals surface area contributed by atoms with Crippen LogP contribution in [0.1, 0.15) is 52.6 Å². The molecule has 7 rings (SSSR count). The number of nitrogens with one attached hydrogen (secondary N) is 3. The highest BCUT2D eigenvalue weighted by Crippen LogP contribution is 2.35. The zero-order chi connectivity index (χ0) is 30.4. The van der Waals surface area contributed by atoms with Crippen molar-refractivity contribution in [2.45, 2.75) is 31.7 Å². The minimum Gasteiger partial charge on any atom is -0.367 e. The van der Waals surface area contributed by atoms with Crippen LogP contribution in [0.2, 0.25) is 0 Å². The average Bonchev–Trinajstić information content (AvgIpc) is 3.79. The Kier molecular flexibility index (Phi) is 7.17. The lowest BCUT2D eigenvalue weighted by molar-refractivity contribution is 0.0746. The minimum absolute atomic E-state index is 0.0296. The molecule has 0 unspecified atom stereocenters. The quantitative estimate of drug-likeness (QED) is 0.304. The Hall–Kier alpha value is -4.91. The maximum absolute atomic E-state index is 13.2. The fourth-order valence-electron chi connectivity index (χ4n) is 6.36. The predicted octanol–water partition coefficient (Wildman–Crippen LogP) is 3.63. The van der Waals surface area contributed by atoms with Crippen molar-refractivity contribution in [1.82, 2.24) is 34.9 Å². The van der Waals surface area contributed by atoms with Crippen LogP contribution in [0.15, 0.2) is 48.8 Å². The number of aromatic nitrogens is 4. The van der Waals surface area contributed by atoms with Gasteiger partial charge in [0, 0.05) is 70.5 Å². The molecule has 1 saturated carbocycles. The van der Waals surface area contributed by atoms with Gasteiger partial charge in [-0.2, -0.15) is 4.98 Å². The van der Waals surface area contributed by atoms with Crippen LogP contribution in [-0.2, 0) is 0 Å². The van der Waals surface area contributed by atoms with E-state index >= 15 is 0 Å². The molecule has 44 heavy (non-hydrogen) atoms. The highest BCUT2D eigenvalue weighted by molar-refractivity contribution is 5.98. The van der Waals surface area contributed by atoms with Gasteiger partial charge >= 0.3 is 0 Å². The number of hydrogen-bond acceptors (Lipinski definition) is 10. The zero-order valence-corrected chi connectivity index (χ0v) is 25.2. The molecule has 13 nitrogen and oxygen atoms in total. The van der Waals surface area contributed by atoms with Gasteiger partial charge in [-0.3, -0.25) is 14.6 Å². The van der Waals surface area contributed by atoms with Crippen LogP contribution in [0.3, 0.4) is 0 Å². The summed E-state index contributed by atoms with van der Waals surface area (Å²) in [5.41, 5.74) is 11.1. The second kappa shape index (κ2) is 11.3. The van der Waals surface area contributed by atoms with E-state index in [0.717, 1.165) is 66.9 Å². The number of carbonyl (C=O) groups excluding carboxylic acids is 2. The van der Waals surface area contributed by atoms with Crippen molar-refractivity contribution in [2.75, 3.05) is 68.0 Å². The van der Waals surface area contributed by atoms with Gasteiger partial charge in [0.25, 0.3) is 11.8 Å². The van der Waals surface area contributed by atoms with Gasteiger partial charge in [0.15, 0.2) is 0 Å². The normalized spacial score (nSPS) is 16.8. The fraction of sp³-hybridized carbons (Fsp3) is 0.387. The SMILES string of the molecule is CN(C)C(=O)c1cc2cnc(Nc3ccc(N4CCN(C(=O)c5ccc6c(c5)N(C)NN6)CC4)cn3)nc2n1C1CCCC1. The van der Waals surface area contributed by atoms with Crippen LogP contribution in [0.5, 0.6) is 0 Å². The van der Waals surface area contributed by atoms with E-state index in [1.54, 1.807) is 25.2 Å². The van der Waals surface area contributed by atoms with Gasteiger partial charge in [-0.25, -0.2) is 9.97 Å². The molecule has 0 atom stereocenters. The van der Waals surface area contributed by atoms with Gasteiger partial charge in [0.2, 0.25) is 5.95 Å². The highest BCUT2D eigenvalue weighted by atomic mass is 16.2. The number of nitrogens with zero attached hydrogens (tertiary/aromatic N) is 8. The second-order valence-electron chi connectivity index (χ2n) is 11.8. The van der Waals surface area contributed by atoms with E-state index in [2.05, 4.69) is 35.7 Å². The van der Waals surface area contributed by atoms with Gasteiger partial charge < -0.3 is 30.0 Å². The standard InChI is InChI=1S/C31H37N11O2/c1-38(2)30(44)26-17-21-18-33-31(35-28(21)42(26)22-6-4-5-7-22)34-27-11-9-23(19-32-27)40-12-14-41(15-13-40)29(43)20-8-10-24-25(16-20)39(3)37-36-24/h8-11,16-19,22,36-37H,4-7,12-15H2,1-3H3,(H,32,33,34,35). The molecule has 228 valence electrons. The summed E-state index contributed by atoms with van der Waals surface area (Å²) in [6.07, 6.45) is 7.99. The number of rotatable bonds is 6. The van der Waals surface area contributed by atoms with Crippen LogP contribution in [-0.4, -0.2) is 88.5 Å². The summed E-state index contributed by atoms with van der Waals surface area (Å²) in [6, 6.07) is 11.8. The van der Waals surface area contributed by atoms with E-state index in [4.69, 9.17) is 4.98 Å². The number of carbonyl (C=O) groups is 2. The van der Waals surface area contributed by atoms with E-state index < -0.39 is 0 Å².